The summed E-state index contributed by atoms with van der Waals surface area (Å²) in [6.07, 6.45) is 7.12. The average Bonchev–Trinajstić information content (AvgIpc) is 3.57. The van der Waals surface area contributed by atoms with Gasteiger partial charge in [-0.15, -0.1) is 0 Å². The first-order valence-corrected chi connectivity index (χ1v) is 10.3. The molecule has 2 N–H and O–H groups in total. The van der Waals surface area contributed by atoms with Crippen LogP contribution in [0.2, 0.25) is 0 Å². The summed E-state index contributed by atoms with van der Waals surface area (Å²) in [4.78, 5) is 14.8. The third kappa shape index (κ3) is 2.94. The van der Waals surface area contributed by atoms with E-state index in [2.05, 4.69) is 44.4 Å². The van der Waals surface area contributed by atoms with E-state index in [0.717, 1.165) is 61.4 Å². The summed E-state index contributed by atoms with van der Waals surface area (Å²) in [5, 5.41) is 8.79. The molecule has 0 radical (unpaired) electrons. The van der Waals surface area contributed by atoms with Crippen molar-refractivity contribution in [1.82, 2.24) is 25.1 Å². The molecular formula is C25H20N6O. The fraction of sp³-hybridized carbons (Fsp3) is 0.0800. The monoisotopic (exact) mass is 420 g/mol. The molecule has 0 atom stereocenters. The molecule has 0 aliphatic carbocycles. The SMILES string of the molecule is CN(C)c1cncc(-c2ccc3[nH]nc(-c4cc5c(-c6ccoc6)cccc5[nH]4)c3n2)c1. The fourth-order valence-corrected chi connectivity index (χ4v) is 4.01. The van der Waals surface area contributed by atoms with Gasteiger partial charge in [0.2, 0.25) is 0 Å². The lowest BCUT2D eigenvalue weighted by Gasteiger charge is -2.12. The predicted molar refractivity (Wildman–Crippen MR) is 126 cm³/mol. The summed E-state index contributed by atoms with van der Waals surface area (Å²) in [5.74, 6) is 0. The molecule has 7 nitrogen and oxygen atoms in total. The number of nitrogens with zero attached hydrogens (tertiary/aromatic N) is 4. The Balaban J connectivity index is 1.49. The van der Waals surface area contributed by atoms with Gasteiger partial charge in [-0.3, -0.25) is 10.1 Å². The van der Waals surface area contributed by atoms with Gasteiger partial charge in [-0.1, -0.05) is 12.1 Å². The number of hydrogen-bond donors (Lipinski definition) is 2. The molecule has 32 heavy (non-hydrogen) atoms. The third-order valence-electron chi connectivity index (χ3n) is 5.70. The van der Waals surface area contributed by atoms with Crippen LogP contribution in [-0.2, 0) is 0 Å². The highest BCUT2D eigenvalue weighted by Crippen LogP contribution is 2.34. The number of pyridine rings is 2. The van der Waals surface area contributed by atoms with Crippen LogP contribution in [0.25, 0.3) is 55.7 Å². The number of fused-ring (bicyclic) bond motifs is 2. The molecule has 0 spiro atoms. The van der Waals surface area contributed by atoms with E-state index >= 15 is 0 Å². The first kappa shape index (κ1) is 18.4. The van der Waals surface area contributed by atoms with Gasteiger partial charge in [0.1, 0.15) is 11.2 Å². The van der Waals surface area contributed by atoms with E-state index in [1.54, 1.807) is 12.5 Å². The quantitative estimate of drug-likeness (QED) is 0.394. The Kier molecular flexibility index (Phi) is 4.07. The van der Waals surface area contributed by atoms with Crippen LogP contribution in [0.4, 0.5) is 5.69 Å². The number of nitrogens with one attached hydrogen (secondary N) is 2. The van der Waals surface area contributed by atoms with Gasteiger partial charge < -0.3 is 14.3 Å². The summed E-state index contributed by atoms with van der Waals surface area (Å²) in [6.45, 7) is 0. The molecule has 1 aromatic carbocycles. The topological polar surface area (TPSA) is 86.6 Å². The van der Waals surface area contributed by atoms with Crippen LogP contribution in [0.3, 0.4) is 0 Å². The highest BCUT2D eigenvalue weighted by molar-refractivity contribution is 6.00. The molecule has 5 aromatic heterocycles. The molecule has 6 rings (SSSR count). The first-order chi connectivity index (χ1) is 15.7. The van der Waals surface area contributed by atoms with Crippen molar-refractivity contribution >= 4 is 27.6 Å². The van der Waals surface area contributed by atoms with Crippen molar-refractivity contribution in [2.75, 3.05) is 19.0 Å². The molecule has 0 bridgehead atoms. The number of aromatic amines is 2. The maximum atomic E-state index is 5.29. The Hall–Kier alpha value is -4.39. The van der Waals surface area contributed by atoms with E-state index in [9.17, 15) is 0 Å². The number of aromatic nitrogens is 5. The number of furan rings is 1. The Labute approximate surface area is 183 Å². The summed E-state index contributed by atoms with van der Waals surface area (Å²) in [6, 6.07) is 16.4. The standard InChI is InChI=1S/C25H20N6O/c1-31(2)17-10-16(12-26-13-17)20-6-7-22-24(28-20)25(30-29-22)23-11-19-18(15-8-9-32-14-15)4-3-5-21(19)27-23/h3-14,27H,1-2H3,(H,29,30). The summed E-state index contributed by atoms with van der Waals surface area (Å²) >= 11 is 0. The van der Waals surface area contributed by atoms with Gasteiger partial charge in [0, 0.05) is 42.3 Å². The van der Waals surface area contributed by atoms with Crippen LogP contribution < -0.4 is 4.90 Å². The van der Waals surface area contributed by atoms with Crippen LogP contribution in [0.5, 0.6) is 0 Å². The van der Waals surface area contributed by atoms with Crippen LogP contribution in [0.1, 0.15) is 0 Å². The normalized spacial score (nSPS) is 11.4. The molecule has 0 fully saturated rings. The molecule has 7 heteroatoms. The Morgan fingerprint density at radius 3 is 2.72 bits per heavy atom. The molecule has 0 amide bonds. The van der Waals surface area contributed by atoms with E-state index < -0.39 is 0 Å². The minimum absolute atomic E-state index is 0.785. The van der Waals surface area contributed by atoms with Crippen LogP contribution >= 0.6 is 0 Å². The van der Waals surface area contributed by atoms with Crippen LogP contribution in [-0.4, -0.2) is 39.2 Å². The van der Waals surface area contributed by atoms with Gasteiger partial charge in [-0.2, -0.15) is 5.10 Å². The van der Waals surface area contributed by atoms with Crippen molar-refractivity contribution in [3.05, 3.63) is 73.5 Å². The number of benzene rings is 1. The van der Waals surface area contributed by atoms with Crippen molar-refractivity contribution in [1.29, 1.82) is 0 Å². The smallest absolute Gasteiger partial charge is 0.135 e. The molecule has 0 aliphatic heterocycles. The van der Waals surface area contributed by atoms with E-state index in [4.69, 9.17) is 9.40 Å². The van der Waals surface area contributed by atoms with Gasteiger partial charge in [-0.25, -0.2) is 4.98 Å². The second-order valence-electron chi connectivity index (χ2n) is 7.95. The number of hydrogen-bond acceptors (Lipinski definition) is 5. The maximum Gasteiger partial charge on any atom is 0.135 e. The van der Waals surface area contributed by atoms with E-state index in [1.165, 1.54) is 0 Å². The second-order valence-corrected chi connectivity index (χ2v) is 7.95. The highest BCUT2D eigenvalue weighted by Gasteiger charge is 2.16. The number of anilines is 1. The Morgan fingerprint density at radius 2 is 1.88 bits per heavy atom. The van der Waals surface area contributed by atoms with Gasteiger partial charge in [0.15, 0.2) is 0 Å². The zero-order valence-corrected chi connectivity index (χ0v) is 17.6. The second kappa shape index (κ2) is 7.09. The molecule has 0 unspecified atom stereocenters. The average molecular weight is 420 g/mol. The van der Waals surface area contributed by atoms with E-state index in [1.807, 2.05) is 55.7 Å². The van der Waals surface area contributed by atoms with Gasteiger partial charge in [-0.05, 0) is 42.0 Å². The van der Waals surface area contributed by atoms with E-state index in [0.29, 0.717) is 0 Å². The van der Waals surface area contributed by atoms with Crippen molar-refractivity contribution in [3.63, 3.8) is 0 Å². The minimum atomic E-state index is 0.785. The van der Waals surface area contributed by atoms with Gasteiger partial charge in [0.25, 0.3) is 0 Å². The van der Waals surface area contributed by atoms with Crippen molar-refractivity contribution in [3.8, 4) is 33.8 Å². The lowest BCUT2D eigenvalue weighted by molar-refractivity contribution is 0.568. The summed E-state index contributed by atoms with van der Waals surface area (Å²) in [7, 11) is 4.00. The molecule has 0 aliphatic rings. The largest absolute Gasteiger partial charge is 0.472 e. The zero-order valence-electron chi connectivity index (χ0n) is 17.6. The fourth-order valence-electron chi connectivity index (χ4n) is 4.01. The number of rotatable bonds is 4. The molecule has 0 saturated carbocycles. The predicted octanol–water partition coefficient (Wildman–Crippen LogP) is 5.49. The van der Waals surface area contributed by atoms with Crippen LogP contribution in [0, 0.1) is 0 Å². The lowest BCUT2D eigenvalue weighted by atomic mass is 10.0. The Bertz CT molecular complexity index is 1560. The molecule has 6 aromatic rings. The highest BCUT2D eigenvalue weighted by atomic mass is 16.3. The van der Waals surface area contributed by atoms with Crippen LogP contribution in [0.15, 0.2) is 77.9 Å². The first-order valence-electron chi connectivity index (χ1n) is 10.3. The molecule has 156 valence electrons. The Morgan fingerprint density at radius 1 is 0.938 bits per heavy atom. The van der Waals surface area contributed by atoms with Crippen molar-refractivity contribution in [2.45, 2.75) is 0 Å². The lowest BCUT2D eigenvalue weighted by Crippen LogP contribution is -2.08. The zero-order chi connectivity index (χ0) is 21.7. The van der Waals surface area contributed by atoms with Gasteiger partial charge in [0.05, 0.1) is 41.3 Å². The molecule has 0 saturated heterocycles. The van der Waals surface area contributed by atoms with E-state index in [-0.39, 0.29) is 0 Å². The molecule has 5 heterocycles. The van der Waals surface area contributed by atoms with Crippen molar-refractivity contribution < 1.29 is 4.42 Å². The van der Waals surface area contributed by atoms with Gasteiger partial charge >= 0.3 is 0 Å². The molecular weight excluding hydrogens is 400 g/mol. The summed E-state index contributed by atoms with van der Waals surface area (Å²) in [5.41, 5.74) is 9.42. The number of H-pyrrole nitrogens is 2. The van der Waals surface area contributed by atoms with Crippen molar-refractivity contribution in [2.24, 2.45) is 0 Å². The summed E-state index contributed by atoms with van der Waals surface area (Å²) < 4.78 is 5.29. The minimum Gasteiger partial charge on any atom is -0.472 e. The third-order valence-corrected chi connectivity index (χ3v) is 5.70. The maximum absolute atomic E-state index is 5.29.